The molecule has 10 radical (unpaired) electrons. The molecule has 0 atom stereocenters. The van der Waals surface area contributed by atoms with Crippen molar-refractivity contribution in [3.05, 3.63) is 84.1 Å². The van der Waals surface area contributed by atoms with Crippen molar-refractivity contribution in [2.75, 3.05) is 13.1 Å². The first-order chi connectivity index (χ1) is 10.7. The zero-order chi connectivity index (χ0) is 16.2. The molecule has 2 aliphatic rings. The molecule has 0 amide bonds. The number of ketones is 2. The molecule has 0 saturated heterocycles. The van der Waals surface area contributed by atoms with Crippen LogP contribution < -0.4 is 0 Å². The summed E-state index contributed by atoms with van der Waals surface area (Å²) in [6.07, 6.45) is 13.8. The van der Waals surface area contributed by atoms with Crippen molar-refractivity contribution >= 4 is 11.6 Å². The van der Waals surface area contributed by atoms with E-state index in [2.05, 4.69) is 20.1 Å². The fourth-order valence-electron chi connectivity index (χ4n) is 1.49. The quantitative estimate of drug-likeness (QED) is 0.315. The normalized spacial score (nSPS) is 17.0. The van der Waals surface area contributed by atoms with E-state index < -0.39 is 0 Å². The molecule has 23 heavy (non-hydrogen) atoms. The number of nitrogens with zero attached hydrogens (tertiary/aromatic N) is 6. The Bertz CT molecular complexity index is 430. The van der Waals surface area contributed by atoms with Crippen LogP contribution in [0.15, 0.2) is 10.2 Å². The van der Waals surface area contributed by atoms with Crippen LogP contribution in [-0.4, -0.2) is 24.7 Å². The van der Waals surface area contributed by atoms with E-state index in [0.717, 1.165) is 0 Å². The topological polar surface area (TPSA) is 132 Å². The van der Waals surface area contributed by atoms with Gasteiger partial charge >= 0.3 is 17.1 Å². The monoisotopic (exact) mass is 352 g/mol. The van der Waals surface area contributed by atoms with E-state index in [9.17, 15) is 9.59 Å². The van der Waals surface area contributed by atoms with E-state index in [0.29, 0.717) is 11.8 Å². The average molecular weight is 352 g/mol. The molecule has 0 bridgehead atoms. The molecule has 0 heterocycles. The first-order valence-electron chi connectivity index (χ1n) is 6.20. The predicted molar refractivity (Wildman–Crippen MR) is 78.9 cm³/mol. The molecule has 0 aliphatic heterocycles. The summed E-state index contributed by atoms with van der Waals surface area (Å²) in [5.41, 5.74) is 15.8. The Hall–Kier alpha value is -1.52. The van der Waals surface area contributed by atoms with Crippen LogP contribution in [0.4, 0.5) is 0 Å². The Morgan fingerprint density at radius 1 is 0.783 bits per heavy atom. The van der Waals surface area contributed by atoms with Crippen LogP contribution in [0.25, 0.3) is 20.9 Å². The third-order valence-corrected chi connectivity index (χ3v) is 2.52. The van der Waals surface area contributed by atoms with E-state index in [4.69, 9.17) is 11.1 Å². The van der Waals surface area contributed by atoms with Gasteiger partial charge in [-0.05, 0) is 62.4 Å². The molecule has 0 aromatic carbocycles. The van der Waals surface area contributed by atoms with Crippen molar-refractivity contribution < 1.29 is 26.7 Å². The van der Waals surface area contributed by atoms with Gasteiger partial charge in [-0.25, -0.2) is 0 Å². The van der Waals surface area contributed by atoms with Gasteiger partial charge in [-0.2, -0.15) is 0 Å². The second kappa shape index (κ2) is 13.0. The molecular formula is C14H12FeN6O2+2. The standard InChI is InChI=1S/2C7H6N3O.Fe/c2*8-10-9-5-7(11)6-3-1-2-4-6;/h2*1-4H,5H2;/q;;+2. The summed E-state index contributed by atoms with van der Waals surface area (Å²) >= 11 is 0. The number of rotatable bonds is 6. The van der Waals surface area contributed by atoms with Crippen molar-refractivity contribution in [1.29, 1.82) is 0 Å². The molecule has 9 heteroatoms. The second-order valence-corrected chi connectivity index (χ2v) is 3.97. The fourth-order valence-corrected chi connectivity index (χ4v) is 1.49. The van der Waals surface area contributed by atoms with Gasteiger partial charge in [-0.15, -0.1) is 0 Å². The maximum absolute atomic E-state index is 11.0. The number of Topliss-reactive ketones (excluding diaryl/α,β-unsaturated/α-hetero) is 2. The van der Waals surface area contributed by atoms with Crippen molar-refractivity contribution in [3.8, 4) is 0 Å². The summed E-state index contributed by atoms with van der Waals surface area (Å²) in [6.45, 7) is -0.193. The number of carbonyl (C=O) groups is 2. The van der Waals surface area contributed by atoms with Gasteiger partial charge in [0.15, 0.2) is 0 Å². The Kier molecular flexibility index (Phi) is 12.1. The van der Waals surface area contributed by atoms with Gasteiger partial charge in [0.25, 0.3) is 0 Å². The van der Waals surface area contributed by atoms with Crippen molar-refractivity contribution in [2.45, 2.75) is 0 Å². The third-order valence-electron chi connectivity index (χ3n) is 2.52. The zero-order valence-corrected chi connectivity index (χ0v) is 13.0. The molecule has 2 aliphatic carbocycles. The van der Waals surface area contributed by atoms with Crippen LogP contribution in [0.5, 0.6) is 0 Å². The summed E-state index contributed by atoms with van der Waals surface area (Å²) in [5, 5.41) is 6.32. The summed E-state index contributed by atoms with van der Waals surface area (Å²) in [7, 11) is 0. The minimum absolute atomic E-state index is 0. The molecule has 2 saturated carbocycles. The molecule has 116 valence electrons. The molecule has 0 aromatic heterocycles. The Morgan fingerprint density at radius 3 is 1.35 bits per heavy atom. The first kappa shape index (κ1) is 21.5. The van der Waals surface area contributed by atoms with E-state index in [1.807, 2.05) is 0 Å². The molecule has 0 aromatic rings. The summed E-state index contributed by atoms with van der Waals surface area (Å²) in [4.78, 5) is 27.0. The van der Waals surface area contributed by atoms with Crippen LogP contribution in [-0.2, 0) is 26.7 Å². The Morgan fingerprint density at radius 2 is 1.09 bits per heavy atom. The average Bonchev–Trinajstić information content (AvgIpc) is 3.23. The number of hydrogen-bond donors (Lipinski definition) is 0. The van der Waals surface area contributed by atoms with E-state index in [-0.39, 0.29) is 41.7 Å². The molecule has 0 N–H and O–H groups in total. The van der Waals surface area contributed by atoms with Crippen LogP contribution in [0.2, 0.25) is 0 Å². The van der Waals surface area contributed by atoms with Gasteiger partial charge < -0.3 is 0 Å². The zero-order valence-electron chi connectivity index (χ0n) is 11.9. The molecule has 0 spiro atoms. The van der Waals surface area contributed by atoms with E-state index in [1.54, 1.807) is 51.4 Å². The van der Waals surface area contributed by atoms with Crippen LogP contribution in [0.1, 0.15) is 0 Å². The summed E-state index contributed by atoms with van der Waals surface area (Å²) in [5.74, 6) is 0.899. The predicted octanol–water partition coefficient (Wildman–Crippen LogP) is 2.54. The van der Waals surface area contributed by atoms with E-state index in [1.165, 1.54) is 0 Å². The smallest absolute Gasteiger partial charge is 0.299 e. The molecular weight excluding hydrogens is 340 g/mol. The van der Waals surface area contributed by atoms with Crippen LogP contribution in [0.3, 0.4) is 0 Å². The minimum Gasteiger partial charge on any atom is -0.299 e. The first-order valence-corrected chi connectivity index (χ1v) is 6.20. The van der Waals surface area contributed by atoms with Gasteiger partial charge in [0.1, 0.15) is 11.6 Å². The molecule has 2 fully saturated rings. The maximum Gasteiger partial charge on any atom is 2.00 e. The van der Waals surface area contributed by atoms with Gasteiger partial charge in [0.2, 0.25) is 0 Å². The molecule has 8 nitrogen and oxygen atoms in total. The van der Waals surface area contributed by atoms with Crippen molar-refractivity contribution in [2.24, 2.45) is 10.2 Å². The van der Waals surface area contributed by atoms with Gasteiger partial charge in [-0.3, -0.25) is 9.59 Å². The minimum atomic E-state index is -0.146. The van der Waals surface area contributed by atoms with Crippen LogP contribution >= 0.6 is 0 Å². The van der Waals surface area contributed by atoms with Gasteiger partial charge in [-0.1, -0.05) is 10.2 Å². The van der Waals surface area contributed by atoms with Gasteiger partial charge in [0.05, 0.1) is 13.1 Å². The van der Waals surface area contributed by atoms with Crippen molar-refractivity contribution in [3.63, 3.8) is 0 Å². The largest absolute Gasteiger partial charge is 2.00 e. The number of azide groups is 2. The third kappa shape index (κ3) is 8.62. The Labute approximate surface area is 146 Å². The summed E-state index contributed by atoms with van der Waals surface area (Å²) in [6, 6.07) is 0. The maximum atomic E-state index is 11.0. The Balaban J connectivity index is 0.000000403. The van der Waals surface area contributed by atoms with Gasteiger partial charge in [0, 0.05) is 21.7 Å². The number of hydrogen-bond acceptors (Lipinski definition) is 4. The second-order valence-electron chi connectivity index (χ2n) is 3.97. The summed E-state index contributed by atoms with van der Waals surface area (Å²) < 4.78 is 0. The van der Waals surface area contributed by atoms with Crippen molar-refractivity contribution in [1.82, 2.24) is 0 Å². The fraction of sp³-hybridized carbons (Fsp3) is 0.143. The molecule has 0 unspecified atom stereocenters. The molecule has 2 rings (SSSR count). The number of carbonyl (C=O) groups excluding carboxylic acids is 2. The SMILES string of the molecule is [Fe+2].[N-]=[N+]=NCC(=O)[C]1[CH][CH][CH][CH]1.[N-]=[N+]=NCC(=O)[C]1[CH][CH][CH][CH]1. The van der Waals surface area contributed by atoms with Crippen LogP contribution in [0, 0.1) is 63.2 Å². The van der Waals surface area contributed by atoms with E-state index >= 15 is 0 Å².